The number of amides is 1. The zero-order chi connectivity index (χ0) is 24.3. The number of carbonyl (C=O) groups excluding carboxylic acids is 1. The van der Waals surface area contributed by atoms with Crippen molar-refractivity contribution in [2.75, 3.05) is 13.2 Å². The van der Waals surface area contributed by atoms with Crippen LogP contribution in [-0.2, 0) is 6.18 Å². The zero-order valence-electron chi connectivity index (χ0n) is 18.9. The van der Waals surface area contributed by atoms with Gasteiger partial charge >= 0.3 is 6.18 Å². The number of halogens is 3. The SMILES string of the molecule is Cc1ccc(C(=O)N2CCCC(C)C2COc2ccc(C(F)(F)F)cn2)c(-c2ncccn2)c1. The van der Waals surface area contributed by atoms with Crippen LogP contribution in [0.5, 0.6) is 5.88 Å². The van der Waals surface area contributed by atoms with Crippen molar-refractivity contribution in [3.05, 3.63) is 71.7 Å². The molecule has 2 atom stereocenters. The van der Waals surface area contributed by atoms with E-state index < -0.39 is 11.7 Å². The molecule has 2 unspecified atom stereocenters. The fourth-order valence-corrected chi connectivity index (χ4v) is 4.18. The molecule has 0 radical (unpaired) electrons. The minimum absolute atomic E-state index is 0.0897. The molecule has 1 aliphatic heterocycles. The summed E-state index contributed by atoms with van der Waals surface area (Å²) in [4.78, 5) is 27.9. The third-order valence-corrected chi connectivity index (χ3v) is 6.05. The maximum Gasteiger partial charge on any atom is 0.417 e. The number of piperidine rings is 1. The smallest absolute Gasteiger partial charge is 0.417 e. The van der Waals surface area contributed by atoms with Gasteiger partial charge in [0.05, 0.1) is 17.2 Å². The minimum Gasteiger partial charge on any atom is -0.475 e. The summed E-state index contributed by atoms with van der Waals surface area (Å²) in [6.45, 7) is 4.68. The third kappa shape index (κ3) is 5.18. The largest absolute Gasteiger partial charge is 0.475 e. The van der Waals surface area contributed by atoms with Crippen LogP contribution in [0.1, 0.15) is 41.3 Å². The van der Waals surface area contributed by atoms with Crippen LogP contribution in [0.2, 0.25) is 0 Å². The Balaban J connectivity index is 1.56. The van der Waals surface area contributed by atoms with Gasteiger partial charge in [-0.15, -0.1) is 0 Å². The van der Waals surface area contributed by atoms with Crippen molar-refractivity contribution < 1.29 is 22.7 Å². The van der Waals surface area contributed by atoms with Gasteiger partial charge in [-0.3, -0.25) is 4.79 Å². The molecule has 0 saturated carbocycles. The number of pyridine rings is 1. The number of hydrogen-bond donors (Lipinski definition) is 0. The highest BCUT2D eigenvalue weighted by molar-refractivity contribution is 6.00. The molecule has 1 saturated heterocycles. The van der Waals surface area contributed by atoms with Crippen LogP contribution >= 0.6 is 0 Å². The Morgan fingerprint density at radius 3 is 2.59 bits per heavy atom. The van der Waals surface area contributed by atoms with E-state index in [-0.39, 0.29) is 30.4 Å². The Hall–Kier alpha value is -3.49. The summed E-state index contributed by atoms with van der Waals surface area (Å²) < 4.78 is 44.1. The van der Waals surface area contributed by atoms with Gasteiger partial charge in [0.15, 0.2) is 5.82 Å². The summed E-state index contributed by atoms with van der Waals surface area (Å²) in [5.74, 6) is 0.560. The van der Waals surface area contributed by atoms with E-state index in [1.54, 1.807) is 29.4 Å². The van der Waals surface area contributed by atoms with Crippen molar-refractivity contribution in [3.8, 4) is 17.3 Å². The van der Waals surface area contributed by atoms with Gasteiger partial charge in [0.25, 0.3) is 5.91 Å². The Morgan fingerprint density at radius 1 is 1.15 bits per heavy atom. The Labute approximate surface area is 195 Å². The highest BCUT2D eigenvalue weighted by Crippen LogP contribution is 2.31. The second-order valence-electron chi connectivity index (χ2n) is 8.50. The molecule has 1 amide bonds. The van der Waals surface area contributed by atoms with Crippen LogP contribution in [0, 0.1) is 12.8 Å². The van der Waals surface area contributed by atoms with E-state index in [4.69, 9.17) is 4.74 Å². The number of ether oxygens (including phenoxy) is 1. The molecule has 178 valence electrons. The Morgan fingerprint density at radius 2 is 1.91 bits per heavy atom. The van der Waals surface area contributed by atoms with Crippen molar-refractivity contribution in [2.45, 2.75) is 38.9 Å². The van der Waals surface area contributed by atoms with E-state index >= 15 is 0 Å². The maximum absolute atomic E-state index is 13.7. The van der Waals surface area contributed by atoms with E-state index in [0.717, 1.165) is 30.7 Å². The first-order valence-corrected chi connectivity index (χ1v) is 11.1. The standard InChI is InChI=1S/C25H25F3N4O2/c1-16-6-8-19(20(13-16)23-29-10-4-11-30-23)24(33)32-12-3-5-17(2)21(32)15-34-22-9-7-18(14-31-22)25(26,27)28/h4,6-11,13-14,17,21H,3,5,12,15H2,1-2H3. The van der Waals surface area contributed by atoms with Crippen molar-refractivity contribution in [1.82, 2.24) is 19.9 Å². The van der Waals surface area contributed by atoms with Crippen LogP contribution in [0.15, 0.2) is 55.0 Å². The molecular formula is C25H25F3N4O2. The van der Waals surface area contributed by atoms with Crippen molar-refractivity contribution in [2.24, 2.45) is 5.92 Å². The number of carbonyl (C=O) groups is 1. The molecule has 34 heavy (non-hydrogen) atoms. The third-order valence-electron chi connectivity index (χ3n) is 6.05. The van der Waals surface area contributed by atoms with E-state index in [1.807, 2.05) is 26.0 Å². The molecule has 0 N–H and O–H groups in total. The molecule has 2 aromatic heterocycles. The van der Waals surface area contributed by atoms with E-state index in [0.29, 0.717) is 23.5 Å². The molecule has 0 aliphatic carbocycles. The van der Waals surface area contributed by atoms with Gasteiger partial charge in [0.1, 0.15) is 6.61 Å². The van der Waals surface area contributed by atoms with Crippen LogP contribution in [0.3, 0.4) is 0 Å². The summed E-state index contributed by atoms with van der Waals surface area (Å²) in [7, 11) is 0. The van der Waals surface area contributed by atoms with Crippen LogP contribution in [0.4, 0.5) is 13.2 Å². The zero-order valence-corrected chi connectivity index (χ0v) is 18.9. The lowest BCUT2D eigenvalue weighted by Crippen LogP contribution is -2.50. The van der Waals surface area contributed by atoms with Gasteiger partial charge in [-0.2, -0.15) is 13.2 Å². The minimum atomic E-state index is -4.46. The molecular weight excluding hydrogens is 445 g/mol. The molecule has 4 rings (SSSR count). The summed E-state index contributed by atoms with van der Waals surface area (Å²) in [5.41, 5.74) is 1.31. The normalized spacial score (nSPS) is 18.6. The quantitative estimate of drug-likeness (QED) is 0.514. The lowest BCUT2D eigenvalue weighted by molar-refractivity contribution is -0.137. The van der Waals surface area contributed by atoms with Crippen molar-refractivity contribution in [3.63, 3.8) is 0 Å². The van der Waals surface area contributed by atoms with Gasteiger partial charge in [-0.25, -0.2) is 15.0 Å². The average Bonchev–Trinajstić information content (AvgIpc) is 2.83. The predicted octanol–water partition coefficient (Wildman–Crippen LogP) is 5.19. The molecule has 1 aromatic carbocycles. The second-order valence-corrected chi connectivity index (χ2v) is 8.50. The number of likely N-dealkylation sites (tertiary alicyclic amines) is 1. The highest BCUT2D eigenvalue weighted by atomic mass is 19.4. The second kappa shape index (κ2) is 9.79. The van der Waals surface area contributed by atoms with E-state index in [9.17, 15) is 18.0 Å². The molecule has 0 bridgehead atoms. The molecule has 3 heterocycles. The number of rotatable bonds is 5. The van der Waals surface area contributed by atoms with Gasteiger partial charge in [-0.1, -0.05) is 18.6 Å². The lowest BCUT2D eigenvalue weighted by atomic mass is 9.90. The van der Waals surface area contributed by atoms with Crippen LogP contribution in [0.25, 0.3) is 11.4 Å². The first-order valence-electron chi connectivity index (χ1n) is 11.1. The fraction of sp³-hybridized carbons (Fsp3) is 0.360. The number of aryl methyl sites for hydroxylation is 1. The number of alkyl halides is 3. The maximum atomic E-state index is 13.7. The van der Waals surface area contributed by atoms with Crippen LogP contribution in [-0.4, -0.2) is 45.0 Å². The van der Waals surface area contributed by atoms with E-state index in [1.165, 1.54) is 6.07 Å². The average molecular weight is 470 g/mol. The molecule has 0 spiro atoms. The Kier molecular flexibility index (Phi) is 6.81. The number of aromatic nitrogens is 3. The summed E-state index contributed by atoms with van der Waals surface area (Å²) in [6.07, 6.45) is 1.33. The van der Waals surface area contributed by atoms with Gasteiger partial charge in [-0.05, 0) is 49.9 Å². The number of nitrogens with zero attached hydrogens (tertiary/aromatic N) is 4. The van der Waals surface area contributed by atoms with Gasteiger partial charge < -0.3 is 9.64 Å². The summed E-state index contributed by atoms with van der Waals surface area (Å²) in [6, 6.07) is 9.17. The fourth-order valence-electron chi connectivity index (χ4n) is 4.18. The Bertz CT molecular complexity index is 1140. The monoisotopic (exact) mass is 470 g/mol. The first kappa shape index (κ1) is 23.7. The number of benzene rings is 1. The molecule has 9 heteroatoms. The van der Waals surface area contributed by atoms with Crippen molar-refractivity contribution in [1.29, 1.82) is 0 Å². The topological polar surface area (TPSA) is 68.2 Å². The lowest BCUT2D eigenvalue weighted by Gasteiger charge is -2.40. The predicted molar refractivity (Wildman–Crippen MR) is 120 cm³/mol. The summed E-state index contributed by atoms with van der Waals surface area (Å²) in [5, 5.41) is 0. The molecule has 6 nitrogen and oxygen atoms in total. The first-order chi connectivity index (χ1) is 16.2. The van der Waals surface area contributed by atoms with Gasteiger partial charge in [0.2, 0.25) is 5.88 Å². The summed E-state index contributed by atoms with van der Waals surface area (Å²) >= 11 is 0. The molecule has 3 aromatic rings. The van der Waals surface area contributed by atoms with Crippen molar-refractivity contribution >= 4 is 5.91 Å². The molecule has 1 fully saturated rings. The molecule has 1 aliphatic rings. The van der Waals surface area contributed by atoms with E-state index in [2.05, 4.69) is 15.0 Å². The number of hydrogen-bond acceptors (Lipinski definition) is 5. The highest BCUT2D eigenvalue weighted by Gasteiger charge is 2.34. The van der Waals surface area contributed by atoms with Crippen LogP contribution < -0.4 is 4.74 Å². The van der Waals surface area contributed by atoms with Gasteiger partial charge in [0, 0.05) is 36.8 Å².